The smallest absolute Gasteiger partial charge is 0.118 e. The van der Waals surface area contributed by atoms with Crippen LogP contribution in [-0.4, -0.2) is 22.8 Å². The Kier molecular flexibility index (Phi) is 4.04. The van der Waals surface area contributed by atoms with E-state index in [2.05, 4.69) is 5.10 Å². The number of hydrogen-bond donors (Lipinski definition) is 0. The molecule has 0 amide bonds. The maximum atomic E-state index is 5.65. The van der Waals surface area contributed by atoms with E-state index in [0.717, 1.165) is 29.8 Å². The zero-order valence-corrected chi connectivity index (χ0v) is 10.5. The zero-order valence-electron chi connectivity index (χ0n) is 9.77. The van der Waals surface area contributed by atoms with Crippen LogP contribution in [0.5, 0.6) is 5.75 Å². The SMILES string of the molecule is COc1ccc(-c2cnn(CCCCl)c2)cc1. The van der Waals surface area contributed by atoms with Crippen molar-refractivity contribution in [3.63, 3.8) is 0 Å². The van der Waals surface area contributed by atoms with Crippen LogP contribution in [0.3, 0.4) is 0 Å². The monoisotopic (exact) mass is 250 g/mol. The summed E-state index contributed by atoms with van der Waals surface area (Å²) >= 11 is 5.65. The van der Waals surface area contributed by atoms with Crippen molar-refractivity contribution in [3.8, 4) is 16.9 Å². The molecule has 0 atom stereocenters. The summed E-state index contributed by atoms with van der Waals surface area (Å²) in [5.41, 5.74) is 2.25. The lowest BCUT2D eigenvalue weighted by molar-refractivity contribution is 0.415. The van der Waals surface area contributed by atoms with Crippen LogP contribution in [0.15, 0.2) is 36.7 Å². The van der Waals surface area contributed by atoms with E-state index < -0.39 is 0 Å². The van der Waals surface area contributed by atoms with Gasteiger partial charge in [0.2, 0.25) is 0 Å². The first-order valence-corrected chi connectivity index (χ1v) is 6.10. The quantitative estimate of drug-likeness (QED) is 0.762. The van der Waals surface area contributed by atoms with Gasteiger partial charge in [-0.3, -0.25) is 4.68 Å². The lowest BCUT2D eigenvalue weighted by atomic mass is 10.1. The van der Waals surface area contributed by atoms with Gasteiger partial charge in [0, 0.05) is 24.2 Å². The Balaban J connectivity index is 2.12. The highest BCUT2D eigenvalue weighted by Crippen LogP contribution is 2.21. The van der Waals surface area contributed by atoms with E-state index in [1.807, 2.05) is 41.3 Å². The van der Waals surface area contributed by atoms with Crippen molar-refractivity contribution in [2.24, 2.45) is 0 Å². The molecule has 0 radical (unpaired) electrons. The van der Waals surface area contributed by atoms with Gasteiger partial charge in [0.15, 0.2) is 0 Å². The van der Waals surface area contributed by atoms with Gasteiger partial charge in [0.1, 0.15) is 5.75 Å². The Bertz CT molecular complexity index is 465. The molecule has 17 heavy (non-hydrogen) atoms. The van der Waals surface area contributed by atoms with Crippen molar-refractivity contribution in [2.75, 3.05) is 13.0 Å². The second kappa shape index (κ2) is 5.73. The fourth-order valence-electron chi connectivity index (χ4n) is 1.64. The zero-order chi connectivity index (χ0) is 12.1. The van der Waals surface area contributed by atoms with Gasteiger partial charge in [-0.15, -0.1) is 11.6 Å². The molecule has 0 aliphatic rings. The highest BCUT2D eigenvalue weighted by molar-refractivity contribution is 6.17. The Morgan fingerprint density at radius 3 is 2.65 bits per heavy atom. The van der Waals surface area contributed by atoms with E-state index in [0.29, 0.717) is 5.88 Å². The first-order valence-electron chi connectivity index (χ1n) is 5.56. The van der Waals surface area contributed by atoms with Crippen LogP contribution in [0.4, 0.5) is 0 Å². The maximum Gasteiger partial charge on any atom is 0.118 e. The minimum absolute atomic E-state index is 0.664. The molecule has 0 unspecified atom stereocenters. The van der Waals surface area contributed by atoms with Gasteiger partial charge in [-0.25, -0.2) is 0 Å². The van der Waals surface area contributed by atoms with Crippen LogP contribution in [0.2, 0.25) is 0 Å². The molecule has 0 N–H and O–H groups in total. The lowest BCUT2D eigenvalue weighted by Gasteiger charge is -2.01. The van der Waals surface area contributed by atoms with Crippen LogP contribution in [-0.2, 0) is 6.54 Å². The molecule has 0 spiro atoms. The third-order valence-electron chi connectivity index (χ3n) is 2.58. The fraction of sp³-hybridized carbons (Fsp3) is 0.308. The van der Waals surface area contributed by atoms with E-state index in [9.17, 15) is 0 Å². The number of alkyl halides is 1. The number of methoxy groups -OCH3 is 1. The summed E-state index contributed by atoms with van der Waals surface area (Å²) in [6.07, 6.45) is 4.84. The molecule has 2 aromatic rings. The molecule has 0 bridgehead atoms. The number of ether oxygens (including phenoxy) is 1. The molecule has 1 aromatic heterocycles. The van der Waals surface area contributed by atoms with E-state index in [1.54, 1.807) is 7.11 Å². The second-order valence-electron chi connectivity index (χ2n) is 3.76. The molecule has 0 saturated carbocycles. The average molecular weight is 251 g/mol. The molecular weight excluding hydrogens is 236 g/mol. The minimum Gasteiger partial charge on any atom is -0.497 e. The summed E-state index contributed by atoms with van der Waals surface area (Å²) in [5, 5.41) is 4.30. The van der Waals surface area contributed by atoms with E-state index >= 15 is 0 Å². The van der Waals surface area contributed by atoms with Gasteiger partial charge >= 0.3 is 0 Å². The van der Waals surface area contributed by atoms with Gasteiger partial charge in [-0.2, -0.15) is 5.10 Å². The van der Waals surface area contributed by atoms with Gasteiger partial charge < -0.3 is 4.74 Å². The predicted octanol–water partition coefficient (Wildman–Crippen LogP) is 3.19. The number of halogens is 1. The van der Waals surface area contributed by atoms with E-state index in [-0.39, 0.29) is 0 Å². The molecule has 0 fully saturated rings. The third kappa shape index (κ3) is 3.01. The molecule has 0 aliphatic heterocycles. The number of aryl methyl sites for hydroxylation is 1. The molecule has 1 heterocycles. The van der Waals surface area contributed by atoms with Crippen molar-refractivity contribution in [2.45, 2.75) is 13.0 Å². The van der Waals surface area contributed by atoms with Crippen LogP contribution in [0.1, 0.15) is 6.42 Å². The Hall–Kier alpha value is -1.48. The van der Waals surface area contributed by atoms with Crippen molar-refractivity contribution < 1.29 is 4.74 Å². The number of aromatic nitrogens is 2. The summed E-state index contributed by atoms with van der Waals surface area (Å²) in [5.74, 6) is 1.53. The largest absolute Gasteiger partial charge is 0.497 e. The van der Waals surface area contributed by atoms with Crippen LogP contribution < -0.4 is 4.74 Å². The fourth-order valence-corrected chi connectivity index (χ4v) is 1.76. The van der Waals surface area contributed by atoms with Crippen LogP contribution in [0, 0.1) is 0 Å². The van der Waals surface area contributed by atoms with Crippen molar-refractivity contribution >= 4 is 11.6 Å². The number of hydrogen-bond acceptors (Lipinski definition) is 2. The summed E-state index contributed by atoms with van der Waals surface area (Å²) in [7, 11) is 1.67. The Morgan fingerprint density at radius 1 is 1.24 bits per heavy atom. The average Bonchev–Trinajstić information content (AvgIpc) is 2.85. The lowest BCUT2D eigenvalue weighted by Crippen LogP contribution is -1.98. The maximum absolute atomic E-state index is 5.65. The highest BCUT2D eigenvalue weighted by atomic mass is 35.5. The van der Waals surface area contributed by atoms with E-state index in [1.165, 1.54) is 0 Å². The second-order valence-corrected chi connectivity index (χ2v) is 4.14. The van der Waals surface area contributed by atoms with Gasteiger partial charge in [-0.1, -0.05) is 12.1 Å². The number of benzene rings is 1. The highest BCUT2D eigenvalue weighted by Gasteiger charge is 2.01. The molecule has 2 rings (SSSR count). The molecular formula is C13H15ClN2O. The third-order valence-corrected chi connectivity index (χ3v) is 2.84. The van der Waals surface area contributed by atoms with Crippen molar-refractivity contribution in [3.05, 3.63) is 36.7 Å². The van der Waals surface area contributed by atoms with Gasteiger partial charge in [0.25, 0.3) is 0 Å². The number of nitrogens with zero attached hydrogens (tertiary/aromatic N) is 2. The molecule has 0 saturated heterocycles. The molecule has 3 nitrogen and oxygen atoms in total. The topological polar surface area (TPSA) is 27.1 Å². The minimum atomic E-state index is 0.664. The van der Waals surface area contributed by atoms with Crippen LogP contribution in [0.25, 0.3) is 11.1 Å². The predicted molar refractivity (Wildman–Crippen MR) is 69.6 cm³/mol. The van der Waals surface area contributed by atoms with E-state index in [4.69, 9.17) is 16.3 Å². The normalized spacial score (nSPS) is 10.5. The Labute approximate surface area is 106 Å². The standard InChI is InChI=1S/C13H15ClN2O/c1-17-13-5-3-11(4-6-13)12-9-15-16(10-12)8-2-7-14/h3-6,9-10H,2,7-8H2,1H3. The van der Waals surface area contributed by atoms with Crippen molar-refractivity contribution in [1.82, 2.24) is 9.78 Å². The molecule has 1 aromatic carbocycles. The van der Waals surface area contributed by atoms with Crippen molar-refractivity contribution in [1.29, 1.82) is 0 Å². The molecule has 4 heteroatoms. The summed E-state index contributed by atoms with van der Waals surface area (Å²) in [4.78, 5) is 0. The molecule has 0 aliphatic carbocycles. The summed E-state index contributed by atoms with van der Waals surface area (Å²) in [6, 6.07) is 7.96. The first-order chi connectivity index (χ1) is 8.33. The van der Waals surface area contributed by atoms with Crippen LogP contribution >= 0.6 is 11.6 Å². The summed E-state index contributed by atoms with van der Waals surface area (Å²) < 4.78 is 7.05. The first kappa shape index (κ1) is 12.0. The summed E-state index contributed by atoms with van der Waals surface area (Å²) in [6.45, 7) is 0.861. The van der Waals surface area contributed by atoms with Gasteiger partial charge in [0.05, 0.1) is 13.3 Å². The van der Waals surface area contributed by atoms with Gasteiger partial charge in [-0.05, 0) is 24.1 Å². The Morgan fingerprint density at radius 2 is 2.00 bits per heavy atom. The molecule has 90 valence electrons. The number of rotatable bonds is 5.